The zero-order chi connectivity index (χ0) is 14.0. The van der Waals surface area contributed by atoms with Crippen molar-refractivity contribution in [2.24, 2.45) is 5.92 Å². The average molecular weight is 262 g/mol. The number of carboxylic acids is 1. The van der Waals surface area contributed by atoms with E-state index in [4.69, 9.17) is 5.11 Å². The molecule has 0 aliphatic carbocycles. The maximum atomic E-state index is 11.1. The summed E-state index contributed by atoms with van der Waals surface area (Å²) in [6, 6.07) is 1.33. The van der Waals surface area contributed by atoms with Gasteiger partial charge in [0.2, 0.25) is 0 Å². The van der Waals surface area contributed by atoms with Crippen LogP contribution >= 0.6 is 0 Å². The average Bonchev–Trinajstić information content (AvgIpc) is 2.67. The number of hydrogen-bond donors (Lipinski definition) is 2. The first-order chi connectivity index (χ1) is 8.97. The number of carboxylic acid groups (broad SMARTS) is 1. The van der Waals surface area contributed by atoms with E-state index in [9.17, 15) is 4.79 Å². The predicted octanol–water partition coefficient (Wildman–Crippen LogP) is 1.24. The van der Waals surface area contributed by atoms with Crippen LogP contribution in [0.2, 0.25) is 0 Å². The lowest BCUT2D eigenvalue weighted by molar-refractivity contribution is -0.140. The molecule has 1 atom stereocenters. The number of aromatic nitrogens is 3. The number of nitrogens with zero attached hydrogens (tertiary/aromatic N) is 3. The van der Waals surface area contributed by atoms with Crippen LogP contribution in [0, 0.1) is 12.8 Å². The lowest BCUT2D eigenvalue weighted by Gasteiger charge is -2.17. The molecule has 0 bridgehead atoms. The van der Waals surface area contributed by atoms with E-state index in [2.05, 4.69) is 15.4 Å². The molecule has 6 heteroatoms. The molecule has 0 amide bonds. The van der Waals surface area contributed by atoms with Gasteiger partial charge >= 0.3 is 5.97 Å². The van der Waals surface area contributed by atoms with Crippen LogP contribution in [0.4, 0.5) is 0 Å². The second-order valence-corrected chi connectivity index (χ2v) is 4.99. The van der Waals surface area contributed by atoms with E-state index in [1.165, 1.54) is 0 Å². The second kappa shape index (κ2) is 5.36. The van der Waals surface area contributed by atoms with Crippen molar-refractivity contribution in [1.82, 2.24) is 19.9 Å². The van der Waals surface area contributed by atoms with Gasteiger partial charge in [0.15, 0.2) is 5.65 Å². The normalized spacial score (nSPS) is 13.1. The van der Waals surface area contributed by atoms with Crippen molar-refractivity contribution >= 4 is 11.6 Å². The lowest BCUT2D eigenvalue weighted by Crippen LogP contribution is -2.40. The van der Waals surface area contributed by atoms with E-state index in [0.717, 1.165) is 16.9 Å². The molecular formula is C13H18N4O2. The maximum Gasteiger partial charge on any atom is 0.320 e. The molecule has 102 valence electrons. The minimum absolute atomic E-state index is 0.0288. The molecule has 0 radical (unpaired) electrons. The summed E-state index contributed by atoms with van der Waals surface area (Å²) in [5.74, 6) is -0.805. The Morgan fingerprint density at radius 3 is 2.89 bits per heavy atom. The number of hydrogen-bond acceptors (Lipinski definition) is 4. The monoisotopic (exact) mass is 262 g/mol. The van der Waals surface area contributed by atoms with Crippen molar-refractivity contribution < 1.29 is 9.90 Å². The molecule has 1 unspecified atom stereocenters. The molecule has 2 rings (SSSR count). The second-order valence-electron chi connectivity index (χ2n) is 4.99. The zero-order valence-corrected chi connectivity index (χ0v) is 11.3. The molecule has 19 heavy (non-hydrogen) atoms. The molecule has 0 fully saturated rings. The van der Waals surface area contributed by atoms with Gasteiger partial charge in [0.05, 0.1) is 5.69 Å². The van der Waals surface area contributed by atoms with Crippen LogP contribution in [0.3, 0.4) is 0 Å². The molecule has 0 aromatic carbocycles. The smallest absolute Gasteiger partial charge is 0.320 e. The van der Waals surface area contributed by atoms with Gasteiger partial charge < -0.3 is 5.11 Å². The first-order valence-corrected chi connectivity index (χ1v) is 6.24. The Morgan fingerprint density at radius 1 is 1.53 bits per heavy atom. The van der Waals surface area contributed by atoms with Crippen LogP contribution in [0.25, 0.3) is 5.65 Å². The topological polar surface area (TPSA) is 79.5 Å². The molecule has 2 aromatic heterocycles. The van der Waals surface area contributed by atoms with Crippen molar-refractivity contribution in [3.63, 3.8) is 0 Å². The van der Waals surface area contributed by atoms with Gasteiger partial charge in [-0.15, -0.1) is 0 Å². The highest BCUT2D eigenvalue weighted by Gasteiger charge is 2.20. The highest BCUT2D eigenvalue weighted by molar-refractivity contribution is 5.73. The molecule has 0 spiro atoms. The third-order valence-electron chi connectivity index (χ3n) is 2.95. The number of fused-ring (bicyclic) bond motifs is 1. The van der Waals surface area contributed by atoms with Gasteiger partial charge in [0.1, 0.15) is 6.04 Å². The minimum atomic E-state index is -0.834. The largest absolute Gasteiger partial charge is 0.480 e. The van der Waals surface area contributed by atoms with Gasteiger partial charge in [-0.2, -0.15) is 5.10 Å². The molecule has 0 aliphatic rings. The van der Waals surface area contributed by atoms with Gasteiger partial charge in [-0.3, -0.25) is 10.1 Å². The van der Waals surface area contributed by atoms with E-state index in [1.807, 2.05) is 33.0 Å². The highest BCUT2D eigenvalue weighted by atomic mass is 16.4. The first kappa shape index (κ1) is 13.5. The SMILES string of the molecule is Cc1cc2ncc(CNC(C(=O)O)C(C)C)cn2n1. The van der Waals surface area contributed by atoms with Crippen LogP contribution in [0.15, 0.2) is 18.5 Å². The van der Waals surface area contributed by atoms with Gasteiger partial charge in [-0.05, 0) is 12.8 Å². The van der Waals surface area contributed by atoms with Crippen molar-refractivity contribution in [3.05, 3.63) is 29.7 Å². The Morgan fingerprint density at radius 2 is 2.26 bits per heavy atom. The Bertz CT molecular complexity index is 591. The summed E-state index contributed by atoms with van der Waals surface area (Å²) < 4.78 is 1.71. The minimum Gasteiger partial charge on any atom is -0.480 e. The summed E-state index contributed by atoms with van der Waals surface area (Å²) in [5, 5.41) is 16.4. The Kier molecular flexibility index (Phi) is 3.80. The number of nitrogens with one attached hydrogen (secondary N) is 1. The summed E-state index contributed by atoms with van der Waals surface area (Å²) in [7, 11) is 0. The molecule has 2 N–H and O–H groups in total. The van der Waals surface area contributed by atoms with E-state index >= 15 is 0 Å². The summed E-state index contributed by atoms with van der Waals surface area (Å²) in [6.07, 6.45) is 3.60. The molecule has 0 saturated carbocycles. The van der Waals surface area contributed by atoms with Crippen molar-refractivity contribution in [2.75, 3.05) is 0 Å². The number of aryl methyl sites for hydroxylation is 1. The van der Waals surface area contributed by atoms with Crippen LogP contribution < -0.4 is 5.32 Å². The number of carbonyl (C=O) groups is 1. The fourth-order valence-electron chi connectivity index (χ4n) is 1.96. The van der Waals surface area contributed by atoms with Crippen LogP contribution in [0.5, 0.6) is 0 Å². The molecule has 6 nitrogen and oxygen atoms in total. The fourth-order valence-corrected chi connectivity index (χ4v) is 1.96. The Hall–Kier alpha value is -1.95. The van der Waals surface area contributed by atoms with E-state index in [0.29, 0.717) is 6.54 Å². The summed E-state index contributed by atoms with van der Waals surface area (Å²) >= 11 is 0. The van der Waals surface area contributed by atoms with Gasteiger partial charge in [0.25, 0.3) is 0 Å². The molecule has 0 saturated heterocycles. The van der Waals surface area contributed by atoms with Gasteiger partial charge in [-0.25, -0.2) is 9.50 Å². The predicted molar refractivity (Wildman–Crippen MR) is 70.8 cm³/mol. The molecule has 2 aromatic rings. The third kappa shape index (κ3) is 3.08. The summed E-state index contributed by atoms with van der Waals surface area (Å²) in [5.41, 5.74) is 2.60. The summed E-state index contributed by atoms with van der Waals surface area (Å²) in [4.78, 5) is 15.4. The quantitative estimate of drug-likeness (QED) is 0.847. The summed E-state index contributed by atoms with van der Waals surface area (Å²) in [6.45, 7) is 6.12. The fraction of sp³-hybridized carbons (Fsp3) is 0.462. The van der Waals surface area contributed by atoms with Crippen LogP contribution in [-0.4, -0.2) is 31.7 Å². The van der Waals surface area contributed by atoms with Crippen molar-refractivity contribution in [1.29, 1.82) is 0 Å². The van der Waals surface area contributed by atoms with Gasteiger partial charge in [-0.1, -0.05) is 13.8 Å². The van der Waals surface area contributed by atoms with Crippen LogP contribution in [-0.2, 0) is 11.3 Å². The third-order valence-corrected chi connectivity index (χ3v) is 2.95. The Labute approximate surface area is 111 Å². The standard InChI is InChI=1S/C13H18N4O2/c1-8(2)12(13(18)19)15-6-10-5-14-11-4-9(3)16-17(11)7-10/h4-5,7-8,12,15H,6H2,1-3H3,(H,18,19). The Balaban J connectivity index is 2.10. The first-order valence-electron chi connectivity index (χ1n) is 6.24. The van der Waals surface area contributed by atoms with E-state index in [-0.39, 0.29) is 5.92 Å². The van der Waals surface area contributed by atoms with Crippen molar-refractivity contribution in [3.8, 4) is 0 Å². The van der Waals surface area contributed by atoms with E-state index in [1.54, 1.807) is 10.7 Å². The lowest BCUT2D eigenvalue weighted by atomic mass is 10.0. The number of rotatable bonds is 5. The van der Waals surface area contributed by atoms with Crippen molar-refractivity contribution in [2.45, 2.75) is 33.4 Å². The van der Waals surface area contributed by atoms with Crippen LogP contribution in [0.1, 0.15) is 25.1 Å². The maximum absolute atomic E-state index is 11.1. The molecular weight excluding hydrogens is 244 g/mol. The highest BCUT2D eigenvalue weighted by Crippen LogP contribution is 2.07. The molecule has 0 aliphatic heterocycles. The zero-order valence-electron chi connectivity index (χ0n) is 11.3. The molecule has 2 heterocycles. The van der Waals surface area contributed by atoms with Gasteiger partial charge in [0, 0.05) is 30.6 Å². The number of aliphatic carboxylic acids is 1. The van der Waals surface area contributed by atoms with E-state index < -0.39 is 12.0 Å².